The van der Waals surface area contributed by atoms with E-state index in [1.54, 1.807) is 17.0 Å². The molecule has 1 fully saturated rings. The van der Waals surface area contributed by atoms with Crippen molar-refractivity contribution in [3.63, 3.8) is 0 Å². The lowest BCUT2D eigenvalue weighted by atomic mass is 10.1. The summed E-state index contributed by atoms with van der Waals surface area (Å²) in [6.07, 6.45) is 4.23. The Hall–Kier alpha value is -1.03. The molecule has 0 heterocycles. The van der Waals surface area contributed by atoms with E-state index < -0.39 is 0 Å². The number of carbonyl (C=O) groups is 1. The highest BCUT2D eigenvalue weighted by atomic mass is 35.5. The quantitative estimate of drug-likeness (QED) is 0.870. The van der Waals surface area contributed by atoms with Crippen LogP contribution >= 0.6 is 23.2 Å². The first-order valence-electron chi connectivity index (χ1n) is 6.24. The van der Waals surface area contributed by atoms with Gasteiger partial charge in [-0.15, -0.1) is 0 Å². The molecule has 5 heteroatoms. The van der Waals surface area contributed by atoms with E-state index in [1.807, 2.05) is 12.1 Å². The zero-order valence-electron chi connectivity index (χ0n) is 10.4. The first-order valence-corrected chi connectivity index (χ1v) is 7.06. The standard InChI is InChI=1S/C14H16Cl2N2O/c15-9-8-14(19)18(13-3-1-2-12(13)17)11-6-4-10(16)5-7-11/h4-9,12-13H,1-3,17H2. The minimum absolute atomic E-state index is 0.00311. The Labute approximate surface area is 123 Å². The van der Waals surface area contributed by atoms with Gasteiger partial charge in [0.15, 0.2) is 0 Å². The molecule has 1 aromatic carbocycles. The highest BCUT2D eigenvalue weighted by molar-refractivity contribution is 6.30. The van der Waals surface area contributed by atoms with Crippen LogP contribution in [0.3, 0.4) is 0 Å². The molecule has 0 radical (unpaired) electrons. The second-order valence-corrected chi connectivity index (χ2v) is 5.33. The Balaban J connectivity index is 2.33. The van der Waals surface area contributed by atoms with Gasteiger partial charge < -0.3 is 10.6 Å². The van der Waals surface area contributed by atoms with Gasteiger partial charge in [-0.05, 0) is 43.5 Å². The minimum Gasteiger partial charge on any atom is -0.326 e. The summed E-state index contributed by atoms with van der Waals surface area (Å²) in [4.78, 5) is 13.9. The van der Waals surface area contributed by atoms with Crippen molar-refractivity contribution in [2.45, 2.75) is 31.3 Å². The lowest BCUT2D eigenvalue weighted by Gasteiger charge is -2.31. The van der Waals surface area contributed by atoms with Crippen LogP contribution in [0, 0.1) is 0 Å². The molecule has 1 saturated carbocycles. The van der Waals surface area contributed by atoms with Gasteiger partial charge in [0, 0.05) is 28.4 Å². The maximum Gasteiger partial charge on any atom is 0.252 e. The largest absolute Gasteiger partial charge is 0.326 e. The molecule has 0 bridgehead atoms. The molecule has 0 aromatic heterocycles. The fourth-order valence-electron chi connectivity index (χ4n) is 2.51. The molecule has 1 amide bonds. The van der Waals surface area contributed by atoms with Gasteiger partial charge in [-0.1, -0.05) is 23.2 Å². The molecule has 2 N–H and O–H groups in total. The number of nitrogens with zero attached hydrogens (tertiary/aromatic N) is 1. The fourth-order valence-corrected chi connectivity index (χ4v) is 2.74. The minimum atomic E-state index is -0.153. The molecule has 3 nitrogen and oxygen atoms in total. The molecule has 0 saturated heterocycles. The zero-order chi connectivity index (χ0) is 13.8. The smallest absolute Gasteiger partial charge is 0.252 e. The van der Waals surface area contributed by atoms with Crippen molar-refractivity contribution < 1.29 is 4.79 Å². The van der Waals surface area contributed by atoms with Gasteiger partial charge in [-0.25, -0.2) is 0 Å². The van der Waals surface area contributed by atoms with E-state index in [4.69, 9.17) is 28.9 Å². The lowest BCUT2D eigenvalue weighted by Crippen LogP contribution is -2.47. The third kappa shape index (κ3) is 3.30. The Bertz CT molecular complexity index is 473. The van der Waals surface area contributed by atoms with Crippen molar-refractivity contribution in [2.24, 2.45) is 5.73 Å². The molecular weight excluding hydrogens is 283 g/mol. The normalized spacial score (nSPS) is 22.9. The van der Waals surface area contributed by atoms with Crippen molar-refractivity contribution in [3.05, 3.63) is 40.9 Å². The fraction of sp³-hybridized carbons (Fsp3) is 0.357. The number of benzene rings is 1. The molecule has 0 spiro atoms. The maximum atomic E-state index is 12.2. The lowest BCUT2D eigenvalue weighted by molar-refractivity contribution is -0.114. The number of hydrogen-bond acceptors (Lipinski definition) is 2. The van der Waals surface area contributed by atoms with E-state index in [9.17, 15) is 4.79 Å². The van der Waals surface area contributed by atoms with Gasteiger partial charge in [0.1, 0.15) is 0 Å². The number of hydrogen-bond donors (Lipinski definition) is 1. The summed E-state index contributed by atoms with van der Waals surface area (Å²) in [7, 11) is 0. The Kier molecular flexibility index (Phi) is 4.86. The highest BCUT2D eigenvalue weighted by Gasteiger charge is 2.32. The molecule has 19 heavy (non-hydrogen) atoms. The number of anilines is 1. The van der Waals surface area contributed by atoms with Crippen molar-refractivity contribution in [3.8, 4) is 0 Å². The van der Waals surface area contributed by atoms with Crippen LogP contribution < -0.4 is 10.6 Å². The SMILES string of the molecule is NC1CCCC1N(C(=O)C=CCl)c1ccc(Cl)cc1. The van der Waals surface area contributed by atoms with E-state index in [2.05, 4.69) is 0 Å². The molecule has 0 aliphatic heterocycles. The highest BCUT2D eigenvalue weighted by Crippen LogP contribution is 2.29. The summed E-state index contributed by atoms with van der Waals surface area (Å²) in [6.45, 7) is 0. The number of nitrogens with two attached hydrogens (primary N) is 1. The second kappa shape index (κ2) is 6.42. The average Bonchev–Trinajstić information content (AvgIpc) is 2.79. The molecule has 2 unspecified atom stereocenters. The van der Waals surface area contributed by atoms with Gasteiger partial charge in [0.25, 0.3) is 5.91 Å². The van der Waals surface area contributed by atoms with Gasteiger partial charge in [0.05, 0.1) is 6.04 Å². The summed E-state index contributed by atoms with van der Waals surface area (Å²) < 4.78 is 0. The van der Waals surface area contributed by atoms with Gasteiger partial charge in [-0.2, -0.15) is 0 Å². The maximum absolute atomic E-state index is 12.2. The van der Waals surface area contributed by atoms with E-state index in [1.165, 1.54) is 11.6 Å². The van der Waals surface area contributed by atoms with Gasteiger partial charge in [-0.3, -0.25) is 4.79 Å². The van der Waals surface area contributed by atoms with Crippen LogP contribution in [0.1, 0.15) is 19.3 Å². The Morgan fingerprint density at radius 2 is 2.00 bits per heavy atom. The van der Waals surface area contributed by atoms with Crippen LogP contribution in [-0.4, -0.2) is 18.0 Å². The predicted molar refractivity (Wildman–Crippen MR) is 79.5 cm³/mol. The van der Waals surface area contributed by atoms with Crippen molar-refractivity contribution >= 4 is 34.8 Å². The molecule has 1 aromatic rings. The third-order valence-electron chi connectivity index (χ3n) is 3.41. The topological polar surface area (TPSA) is 46.3 Å². The van der Waals surface area contributed by atoms with E-state index >= 15 is 0 Å². The third-order valence-corrected chi connectivity index (χ3v) is 3.79. The summed E-state index contributed by atoms with van der Waals surface area (Å²) in [5, 5.41) is 0.639. The molecule has 2 rings (SSSR count). The summed E-state index contributed by atoms with van der Waals surface area (Å²) in [6, 6.07) is 7.20. The predicted octanol–water partition coefficient (Wildman–Crippen LogP) is 3.31. The van der Waals surface area contributed by atoms with Crippen molar-refractivity contribution in [1.82, 2.24) is 0 Å². The first-order chi connectivity index (χ1) is 9.13. The number of carbonyl (C=O) groups excluding carboxylic acids is 1. The summed E-state index contributed by atoms with van der Waals surface area (Å²) in [5.74, 6) is -0.153. The average molecular weight is 299 g/mol. The van der Waals surface area contributed by atoms with Gasteiger partial charge >= 0.3 is 0 Å². The van der Waals surface area contributed by atoms with Gasteiger partial charge in [0.2, 0.25) is 0 Å². The van der Waals surface area contributed by atoms with Crippen LogP contribution in [0.2, 0.25) is 5.02 Å². The Morgan fingerprint density at radius 3 is 2.53 bits per heavy atom. The molecule has 102 valence electrons. The molecule has 1 aliphatic rings. The summed E-state index contributed by atoms with van der Waals surface area (Å²) in [5.41, 5.74) is 8.13. The second-order valence-electron chi connectivity index (χ2n) is 4.64. The van der Waals surface area contributed by atoms with Crippen LogP contribution in [0.25, 0.3) is 0 Å². The summed E-state index contributed by atoms with van der Waals surface area (Å²) >= 11 is 11.4. The van der Waals surface area contributed by atoms with E-state index in [0.29, 0.717) is 5.02 Å². The van der Waals surface area contributed by atoms with Crippen molar-refractivity contribution in [2.75, 3.05) is 4.90 Å². The van der Waals surface area contributed by atoms with E-state index in [-0.39, 0.29) is 18.0 Å². The van der Waals surface area contributed by atoms with Crippen LogP contribution in [0.5, 0.6) is 0 Å². The molecule has 1 aliphatic carbocycles. The van der Waals surface area contributed by atoms with Crippen LogP contribution in [0.15, 0.2) is 35.9 Å². The molecular formula is C14H16Cl2N2O. The van der Waals surface area contributed by atoms with Crippen LogP contribution in [-0.2, 0) is 4.79 Å². The monoisotopic (exact) mass is 298 g/mol. The first kappa shape index (κ1) is 14.4. The zero-order valence-corrected chi connectivity index (χ0v) is 11.9. The number of halogens is 2. The number of amides is 1. The molecule has 2 atom stereocenters. The van der Waals surface area contributed by atoms with Crippen molar-refractivity contribution in [1.29, 1.82) is 0 Å². The van der Waals surface area contributed by atoms with Crippen LogP contribution in [0.4, 0.5) is 5.69 Å². The number of rotatable bonds is 3. The Morgan fingerprint density at radius 1 is 1.32 bits per heavy atom. The van der Waals surface area contributed by atoms with E-state index in [0.717, 1.165) is 24.9 Å².